The highest BCUT2D eigenvalue weighted by atomic mass is 16.6. The average molecular weight is 449 g/mol. The van der Waals surface area contributed by atoms with Crippen molar-refractivity contribution in [3.63, 3.8) is 0 Å². The van der Waals surface area contributed by atoms with Crippen LogP contribution in [-0.4, -0.2) is 62.1 Å². The number of nitrogens with one attached hydrogen (secondary N) is 1. The van der Waals surface area contributed by atoms with Crippen LogP contribution in [0.3, 0.4) is 0 Å². The number of methoxy groups -OCH3 is 1. The standard InChI is InChI=1S/C26H28N2O5/c1-19-21-9-3-4-11-23(21)27-22(19)10-7-8-15-31-18-20-17-28(26(29)33-20)14-16-32-25-13-6-5-12-24(25)30-2/h3-13,20,27H,1,14-18H2,2H3/b8-7-,22-10+. The van der Waals surface area contributed by atoms with Gasteiger partial charge in [-0.2, -0.15) is 0 Å². The molecule has 0 spiro atoms. The summed E-state index contributed by atoms with van der Waals surface area (Å²) in [5, 5.41) is 3.07. The topological polar surface area (TPSA) is 73.0 Å². The van der Waals surface area contributed by atoms with Gasteiger partial charge in [0.2, 0.25) is 0 Å². The minimum atomic E-state index is -0.349. The number of carbonyl (C=O) groups is 1. The molecule has 33 heavy (non-hydrogen) atoms. The summed E-state index contributed by atoms with van der Waals surface area (Å²) in [5.41, 5.74) is 1.07. The molecule has 1 aliphatic heterocycles. The van der Waals surface area contributed by atoms with Crippen LogP contribution in [0.25, 0.3) is 23.6 Å². The maximum absolute atomic E-state index is 12.1. The zero-order valence-corrected chi connectivity index (χ0v) is 18.7. The second-order valence-corrected chi connectivity index (χ2v) is 7.65. The molecular formula is C26H28N2O5. The zero-order chi connectivity index (χ0) is 23.0. The lowest BCUT2D eigenvalue weighted by atomic mass is 10.2. The first-order valence-electron chi connectivity index (χ1n) is 10.9. The Bertz CT molecular complexity index is 1230. The third-order valence-electron chi connectivity index (χ3n) is 5.40. The van der Waals surface area contributed by atoms with Gasteiger partial charge in [-0.3, -0.25) is 0 Å². The first-order chi connectivity index (χ1) is 16.2. The molecule has 7 heteroatoms. The van der Waals surface area contributed by atoms with E-state index >= 15 is 0 Å². The van der Waals surface area contributed by atoms with E-state index in [1.807, 2.05) is 60.7 Å². The van der Waals surface area contributed by atoms with Crippen molar-refractivity contribution in [2.24, 2.45) is 0 Å². The van der Waals surface area contributed by atoms with Crippen LogP contribution in [0.5, 0.6) is 11.5 Å². The minimum Gasteiger partial charge on any atom is -0.493 e. The van der Waals surface area contributed by atoms with Crippen LogP contribution in [0.2, 0.25) is 0 Å². The highest BCUT2D eigenvalue weighted by Crippen LogP contribution is 2.25. The molecule has 1 unspecified atom stereocenters. The highest BCUT2D eigenvalue weighted by Gasteiger charge is 2.31. The van der Waals surface area contributed by atoms with Gasteiger partial charge in [0.25, 0.3) is 0 Å². The maximum Gasteiger partial charge on any atom is 0.410 e. The summed E-state index contributed by atoms with van der Waals surface area (Å²) in [6, 6.07) is 15.5. The SMILES string of the molecule is C=c1/c(=C\C=C/COCC2CN(CCOc3ccccc3OC)C(=O)O2)[nH]c2ccccc12. The molecule has 1 N–H and O–H groups in total. The van der Waals surface area contributed by atoms with E-state index in [0.717, 1.165) is 21.5 Å². The van der Waals surface area contributed by atoms with E-state index in [1.165, 1.54) is 0 Å². The first kappa shape index (κ1) is 22.5. The Labute approximate surface area is 192 Å². The quantitative estimate of drug-likeness (QED) is 0.483. The largest absolute Gasteiger partial charge is 0.493 e. The molecule has 0 saturated carbocycles. The van der Waals surface area contributed by atoms with E-state index in [4.69, 9.17) is 18.9 Å². The highest BCUT2D eigenvalue weighted by molar-refractivity contribution is 5.80. The number of nitrogens with zero attached hydrogens (tertiary/aromatic N) is 1. The molecular weight excluding hydrogens is 420 g/mol. The fourth-order valence-electron chi connectivity index (χ4n) is 3.70. The summed E-state index contributed by atoms with van der Waals surface area (Å²) in [7, 11) is 1.60. The Morgan fingerprint density at radius 1 is 1.18 bits per heavy atom. The van der Waals surface area contributed by atoms with Crippen molar-refractivity contribution in [2.75, 3.05) is 40.0 Å². The lowest BCUT2D eigenvalue weighted by Gasteiger charge is -2.15. The molecule has 2 aromatic carbocycles. The monoisotopic (exact) mass is 448 g/mol. The number of carbonyl (C=O) groups excluding carboxylic acids is 1. The molecule has 0 radical (unpaired) electrons. The summed E-state index contributed by atoms with van der Waals surface area (Å²) in [5.74, 6) is 1.31. The van der Waals surface area contributed by atoms with Crippen LogP contribution >= 0.6 is 0 Å². The Kier molecular flexibility index (Phi) is 7.32. The number of hydrogen-bond donors (Lipinski definition) is 1. The molecule has 4 rings (SSSR count). The molecule has 2 heterocycles. The summed E-state index contributed by atoms with van der Waals surface area (Å²) < 4.78 is 22.0. The van der Waals surface area contributed by atoms with Crippen molar-refractivity contribution in [3.8, 4) is 11.5 Å². The number of rotatable bonds is 10. The zero-order valence-electron chi connectivity index (χ0n) is 18.7. The predicted octanol–water partition coefficient (Wildman–Crippen LogP) is 2.84. The number of para-hydroxylation sites is 3. The molecule has 0 bridgehead atoms. The molecule has 1 fully saturated rings. The van der Waals surface area contributed by atoms with Gasteiger partial charge in [0, 0.05) is 21.5 Å². The van der Waals surface area contributed by atoms with Crippen LogP contribution in [0.1, 0.15) is 0 Å². The number of ether oxygens (including phenoxy) is 4. The molecule has 0 aliphatic carbocycles. The molecule has 1 amide bonds. The van der Waals surface area contributed by atoms with Gasteiger partial charge in [0.1, 0.15) is 12.7 Å². The number of cyclic esters (lactones) is 1. The van der Waals surface area contributed by atoms with Crippen molar-refractivity contribution in [1.82, 2.24) is 9.88 Å². The number of hydrogen-bond acceptors (Lipinski definition) is 5. The van der Waals surface area contributed by atoms with Gasteiger partial charge in [-0.15, -0.1) is 0 Å². The van der Waals surface area contributed by atoms with Crippen LogP contribution in [0.15, 0.2) is 60.7 Å². The Balaban J connectivity index is 1.19. The number of benzene rings is 2. The van der Waals surface area contributed by atoms with Crippen LogP contribution < -0.4 is 20.0 Å². The first-order valence-corrected chi connectivity index (χ1v) is 10.9. The second-order valence-electron chi connectivity index (χ2n) is 7.65. The fourth-order valence-corrected chi connectivity index (χ4v) is 3.70. The molecule has 1 atom stereocenters. The van der Waals surface area contributed by atoms with Crippen LogP contribution in [0.4, 0.5) is 4.79 Å². The number of aromatic nitrogens is 1. The molecule has 7 nitrogen and oxygen atoms in total. The Hall–Kier alpha value is -3.71. The Morgan fingerprint density at radius 3 is 2.79 bits per heavy atom. The van der Waals surface area contributed by atoms with Gasteiger partial charge in [-0.1, -0.05) is 49.1 Å². The average Bonchev–Trinajstić information content (AvgIpc) is 3.35. The summed E-state index contributed by atoms with van der Waals surface area (Å²) in [6.45, 7) is 6.16. The number of amides is 1. The van der Waals surface area contributed by atoms with Crippen LogP contribution in [0, 0.1) is 0 Å². The summed E-state index contributed by atoms with van der Waals surface area (Å²) >= 11 is 0. The van der Waals surface area contributed by atoms with E-state index in [9.17, 15) is 4.79 Å². The fraction of sp³-hybridized carbons (Fsp3) is 0.269. The van der Waals surface area contributed by atoms with Crippen molar-refractivity contribution in [2.45, 2.75) is 6.10 Å². The maximum atomic E-state index is 12.1. The van der Waals surface area contributed by atoms with Gasteiger partial charge in [-0.05, 0) is 24.3 Å². The van der Waals surface area contributed by atoms with Crippen molar-refractivity contribution >= 4 is 29.7 Å². The lowest BCUT2D eigenvalue weighted by Crippen LogP contribution is -2.30. The van der Waals surface area contributed by atoms with Gasteiger partial charge >= 0.3 is 6.09 Å². The van der Waals surface area contributed by atoms with Gasteiger partial charge < -0.3 is 28.8 Å². The van der Waals surface area contributed by atoms with Crippen LogP contribution in [-0.2, 0) is 9.47 Å². The summed E-state index contributed by atoms with van der Waals surface area (Å²) in [6.07, 6.45) is 5.19. The molecule has 172 valence electrons. The third-order valence-corrected chi connectivity index (χ3v) is 5.40. The normalized spacial score (nSPS) is 16.6. The lowest BCUT2D eigenvalue weighted by molar-refractivity contribution is 0.0578. The van der Waals surface area contributed by atoms with Gasteiger partial charge in [0.15, 0.2) is 11.5 Å². The van der Waals surface area contributed by atoms with E-state index in [2.05, 4.69) is 17.6 Å². The van der Waals surface area contributed by atoms with Gasteiger partial charge in [-0.25, -0.2) is 4.79 Å². The van der Waals surface area contributed by atoms with Crippen molar-refractivity contribution in [3.05, 3.63) is 71.3 Å². The number of fused-ring (bicyclic) bond motifs is 1. The van der Waals surface area contributed by atoms with Crippen molar-refractivity contribution in [1.29, 1.82) is 0 Å². The van der Waals surface area contributed by atoms with E-state index in [0.29, 0.717) is 44.4 Å². The minimum absolute atomic E-state index is 0.290. The molecule has 1 aliphatic rings. The number of H-pyrrole nitrogens is 1. The summed E-state index contributed by atoms with van der Waals surface area (Å²) in [4.78, 5) is 17.1. The van der Waals surface area contributed by atoms with E-state index in [-0.39, 0.29) is 12.2 Å². The molecule has 3 aromatic rings. The predicted molar refractivity (Wildman–Crippen MR) is 128 cm³/mol. The smallest absolute Gasteiger partial charge is 0.410 e. The number of allylic oxidation sites excluding steroid dienone is 1. The molecule has 1 saturated heterocycles. The van der Waals surface area contributed by atoms with Gasteiger partial charge in [0.05, 0.1) is 33.4 Å². The van der Waals surface area contributed by atoms with Crippen molar-refractivity contribution < 1.29 is 23.7 Å². The number of aromatic amines is 1. The second kappa shape index (κ2) is 10.7. The molecule has 1 aromatic heterocycles. The Morgan fingerprint density at radius 2 is 1.97 bits per heavy atom. The van der Waals surface area contributed by atoms with E-state index in [1.54, 1.807) is 12.0 Å². The third kappa shape index (κ3) is 5.56. The van der Waals surface area contributed by atoms with E-state index < -0.39 is 0 Å².